The molecule has 0 saturated carbocycles. The maximum Gasteiger partial charge on any atom is 0.136 e. The van der Waals surface area contributed by atoms with Crippen LogP contribution < -0.4 is 10.6 Å². The number of nitrogens with zero attached hydrogens (tertiary/aromatic N) is 3. The predicted octanol–water partition coefficient (Wildman–Crippen LogP) is 5.57. The molecule has 2 aromatic rings. The van der Waals surface area contributed by atoms with Crippen molar-refractivity contribution in [3.05, 3.63) is 102 Å². The molecular formula is C26H30FN5O. The highest BCUT2D eigenvalue weighted by atomic mass is 19.1. The van der Waals surface area contributed by atoms with E-state index >= 15 is 0 Å². The van der Waals surface area contributed by atoms with Crippen LogP contribution in [0.4, 0.5) is 10.1 Å². The number of rotatable bonds is 8. The topological polar surface area (TPSA) is 63.5 Å². The van der Waals surface area contributed by atoms with Crippen LogP contribution in [0.25, 0.3) is 6.20 Å². The third kappa shape index (κ3) is 7.64. The third-order valence-corrected chi connectivity index (χ3v) is 4.83. The zero-order chi connectivity index (χ0) is 23.5. The fraction of sp³-hybridized carbons (Fsp3) is 0.231. The number of ether oxygens (including phenoxy) is 1. The van der Waals surface area contributed by atoms with Crippen LogP contribution >= 0.6 is 0 Å². The molecule has 0 bridgehead atoms. The van der Waals surface area contributed by atoms with E-state index < -0.39 is 0 Å². The first-order valence-corrected chi connectivity index (χ1v) is 10.9. The Morgan fingerprint density at radius 2 is 1.97 bits per heavy atom. The van der Waals surface area contributed by atoms with Crippen molar-refractivity contribution in [2.24, 2.45) is 4.99 Å². The van der Waals surface area contributed by atoms with Gasteiger partial charge in [-0.25, -0.2) is 9.37 Å². The van der Waals surface area contributed by atoms with Crippen LogP contribution in [0.5, 0.6) is 0 Å². The van der Waals surface area contributed by atoms with Gasteiger partial charge in [0.25, 0.3) is 0 Å². The molecule has 0 unspecified atom stereocenters. The molecule has 0 aliphatic carbocycles. The van der Waals surface area contributed by atoms with Gasteiger partial charge in [-0.3, -0.25) is 4.99 Å². The van der Waals surface area contributed by atoms with E-state index in [1.807, 2.05) is 49.0 Å². The van der Waals surface area contributed by atoms with E-state index in [1.165, 1.54) is 12.1 Å². The molecule has 33 heavy (non-hydrogen) atoms. The highest BCUT2D eigenvalue weighted by Gasteiger charge is 2.11. The van der Waals surface area contributed by atoms with Crippen molar-refractivity contribution in [3.63, 3.8) is 0 Å². The number of anilines is 1. The monoisotopic (exact) mass is 447 g/mol. The summed E-state index contributed by atoms with van der Waals surface area (Å²) in [5.41, 5.74) is 3.87. The number of halogens is 1. The van der Waals surface area contributed by atoms with Gasteiger partial charge >= 0.3 is 0 Å². The summed E-state index contributed by atoms with van der Waals surface area (Å²) >= 11 is 0. The Kier molecular flexibility index (Phi) is 8.82. The van der Waals surface area contributed by atoms with Gasteiger partial charge in [-0.15, -0.1) is 0 Å². The lowest BCUT2D eigenvalue weighted by molar-refractivity contribution is 0.309. The number of hydrogen-bond donors (Lipinski definition) is 2. The van der Waals surface area contributed by atoms with E-state index in [-0.39, 0.29) is 5.82 Å². The van der Waals surface area contributed by atoms with Gasteiger partial charge in [-0.05, 0) is 74.3 Å². The average molecular weight is 448 g/mol. The summed E-state index contributed by atoms with van der Waals surface area (Å²) in [5, 5.41) is 6.37. The molecule has 1 aliphatic rings. The second-order valence-corrected chi connectivity index (χ2v) is 7.47. The minimum atomic E-state index is -0.259. The Labute approximate surface area is 194 Å². The van der Waals surface area contributed by atoms with Crippen LogP contribution in [0.3, 0.4) is 0 Å². The van der Waals surface area contributed by atoms with Crippen molar-refractivity contribution in [1.82, 2.24) is 14.9 Å². The lowest BCUT2D eigenvalue weighted by atomic mass is 10.0. The van der Waals surface area contributed by atoms with Crippen LogP contribution in [0.2, 0.25) is 0 Å². The van der Waals surface area contributed by atoms with Gasteiger partial charge in [-0.2, -0.15) is 0 Å². The Bertz CT molecular complexity index is 1100. The largest absolute Gasteiger partial charge is 0.495 e. The minimum Gasteiger partial charge on any atom is -0.495 e. The number of aryl methyl sites for hydroxylation is 1. The van der Waals surface area contributed by atoms with E-state index in [4.69, 9.17) is 4.74 Å². The Morgan fingerprint density at radius 3 is 2.67 bits per heavy atom. The molecular weight excluding hydrogens is 417 g/mol. The summed E-state index contributed by atoms with van der Waals surface area (Å²) in [7, 11) is 1.65. The number of nitrogens with one attached hydrogen (secondary N) is 2. The molecule has 1 aliphatic heterocycles. The average Bonchev–Trinajstić information content (AvgIpc) is 3.23. The first-order valence-electron chi connectivity index (χ1n) is 10.9. The summed E-state index contributed by atoms with van der Waals surface area (Å²) in [6.45, 7) is 4.72. The number of methoxy groups -OCH3 is 1. The van der Waals surface area contributed by atoms with E-state index in [0.29, 0.717) is 5.76 Å². The molecule has 6 nitrogen and oxygen atoms in total. The molecule has 0 radical (unpaired) electrons. The summed E-state index contributed by atoms with van der Waals surface area (Å²) in [6, 6.07) is 6.20. The molecule has 2 heterocycles. The standard InChI is InChI=1S/C26H30FN5O/c1-4-6-21(16-25(33-3)18-32-17-20(2)31-19-32)15-22-7-5-12-29-26(22)30-14-13-28-24-10-8-23(27)9-11-24/h4,6,8-11,13-19,28H,5,7,12H2,1-3H3,(H,29,30)/b6-4-,14-13-,21-16+,22-15+,25-18-. The summed E-state index contributed by atoms with van der Waals surface area (Å²) in [6.07, 6.45) is 19.2. The first kappa shape index (κ1) is 23.8. The van der Waals surface area contributed by atoms with Crippen LogP contribution in [-0.4, -0.2) is 29.0 Å². The van der Waals surface area contributed by atoms with Crippen molar-refractivity contribution in [1.29, 1.82) is 0 Å². The summed E-state index contributed by atoms with van der Waals surface area (Å²) < 4.78 is 20.5. The molecule has 1 aromatic heterocycles. The molecule has 0 atom stereocenters. The van der Waals surface area contributed by atoms with Gasteiger partial charge in [0, 0.05) is 30.8 Å². The van der Waals surface area contributed by atoms with Gasteiger partial charge in [0.2, 0.25) is 0 Å². The molecule has 172 valence electrons. The van der Waals surface area contributed by atoms with Crippen LogP contribution in [-0.2, 0) is 4.74 Å². The van der Waals surface area contributed by atoms with Gasteiger partial charge < -0.3 is 19.9 Å². The lowest BCUT2D eigenvalue weighted by Gasteiger charge is -2.16. The van der Waals surface area contributed by atoms with E-state index in [9.17, 15) is 4.39 Å². The second-order valence-electron chi connectivity index (χ2n) is 7.47. The van der Waals surface area contributed by atoms with Crippen molar-refractivity contribution in [2.45, 2.75) is 26.7 Å². The summed E-state index contributed by atoms with van der Waals surface area (Å²) in [4.78, 5) is 8.89. The highest BCUT2D eigenvalue weighted by Crippen LogP contribution is 2.18. The van der Waals surface area contributed by atoms with Crippen molar-refractivity contribution in [3.8, 4) is 0 Å². The highest BCUT2D eigenvalue weighted by molar-refractivity contribution is 6.00. The van der Waals surface area contributed by atoms with E-state index in [0.717, 1.165) is 47.7 Å². The van der Waals surface area contributed by atoms with Gasteiger partial charge in [0.05, 0.1) is 25.3 Å². The van der Waals surface area contributed by atoms with Crippen LogP contribution in [0, 0.1) is 12.7 Å². The molecule has 1 aromatic carbocycles. The first-order chi connectivity index (χ1) is 16.1. The zero-order valence-corrected chi connectivity index (χ0v) is 19.3. The zero-order valence-electron chi connectivity index (χ0n) is 19.3. The normalized spacial score (nSPS) is 16.5. The molecule has 2 N–H and O–H groups in total. The number of aromatic nitrogens is 2. The molecule has 0 saturated heterocycles. The van der Waals surface area contributed by atoms with Gasteiger partial charge in [-0.1, -0.05) is 12.2 Å². The molecule has 0 spiro atoms. The minimum absolute atomic E-state index is 0.259. The fourth-order valence-electron chi connectivity index (χ4n) is 3.27. The predicted molar refractivity (Wildman–Crippen MR) is 133 cm³/mol. The summed E-state index contributed by atoms with van der Waals surface area (Å²) in [5.74, 6) is 1.29. The van der Waals surface area contributed by atoms with Crippen LogP contribution in [0.1, 0.15) is 25.5 Å². The molecule has 3 rings (SSSR count). The van der Waals surface area contributed by atoms with E-state index in [2.05, 4.69) is 26.7 Å². The van der Waals surface area contributed by atoms with Crippen LogP contribution in [0.15, 0.2) is 95.4 Å². The fourth-order valence-corrected chi connectivity index (χ4v) is 3.27. The number of benzene rings is 1. The maximum absolute atomic E-state index is 13.0. The Morgan fingerprint density at radius 1 is 1.18 bits per heavy atom. The SMILES string of the molecule is C\C=C/C(=C\C(=C\n1cnc(C)c1)OC)/C=C1\CCCN=C1N/C=C\Nc1ccc(F)cc1. The number of amidine groups is 1. The third-order valence-electron chi connectivity index (χ3n) is 4.83. The van der Waals surface area contributed by atoms with Gasteiger partial charge in [0.1, 0.15) is 17.4 Å². The number of allylic oxidation sites excluding steroid dienone is 5. The molecule has 7 heteroatoms. The second kappa shape index (κ2) is 12.2. The van der Waals surface area contributed by atoms with E-state index in [1.54, 1.807) is 38.0 Å². The maximum atomic E-state index is 13.0. The molecule has 0 amide bonds. The number of imidazole rings is 1. The molecule has 0 fully saturated rings. The Balaban J connectivity index is 1.74. The quantitative estimate of drug-likeness (QED) is 0.410. The van der Waals surface area contributed by atoms with Crippen molar-refractivity contribution >= 4 is 17.7 Å². The van der Waals surface area contributed by atoms with Gasteiger partial charge in [0.15, 0.2) is 0 Å². The van der Waals surface area contributed by atoms with Crippen molar-refractivity contribution < 1.29 is 9.13 Å². The Hall–Kier alpha value is -3.87. The smallest absolute Gasteiger partial charge is 0.136 e. The number of hydrogen-bond acceptors (Lipinski definition) is 5. The van der Waals surface area contributed by atoms with Crippen molar-refractivity contribution in [2.75, 3.05) is 19.0 Å². The number of aliphatic imine (C=N–C) groups is 1. The lowest BCUT2D eigenvalue weighted by Crippen LogP contribution is -2.23.